The lowest BCUT2D eigenvalue weighted by Crippen LogP contribution is -2.42. The van der Waals surface area contributed by atoms with Gasteiger partial charge in [-0.1, -0.05) is 0 Å². The molecule has 0 unspecified atom stereocenters. The SMILES string of the molecule is COc1ccc2c(c1)[C@H](NC(=O)C1CC1)CCN2C(=O)C1CC1. The lowest BCUT2D eigenvalue weighted by Gasteiger charge is -2.35. The van der Waals surface area contributed by atoms with Crippen molar-refractivity contribution < 1.29 is 14.3 Å². The second-order valence-electron chi connectivity index (χ2n) is 6.81. The van der Waals surface area contributed by atoms with Crippen molar-refractivity contribution in [2.45, 2.75) is 38.1 Å². The first-order chi connectivity index (χ1) is 11.2. The van der Waals surface area contributed by atoms with Crippen LogP contribution < -0.4 is 15.0 Å². The van der Waals surface area contributed by atoms with Crippen LogP contribution in [0, 0.1) is 11.8 Å². The number of carbonyl (C=O) groups is 2. The van der Waals surface area contributed by atoms with Crippen molar-refractivity contribution in [3.8, 4) is 5.75 Å². The highest BCUT2D eigenvalue weighted by atomic mass is 16.5. The maximum absolute atomic E-state index is 12.5. The second kappa shape index (κ2) is 5.55. The summed E-state index contributed by atoms with van der Waals surface area (Å²) in [6.07, 6.45) is 4.76. The van der Waals surface area contributed by atoms with Crippen molar-refractivity contribution in [1.29, 1.82) is 0 Å². The van der Waals surface area contributed by atoms with E-state index in [0.717, 1.165) is 49.1 Å². The van der Waals surface area contributed by atoms with E-state index in [0.29, 0.717) is 6.54 Å². The molecule has 1 aromatic rings. The monoisotopic (exact) mass is 314 g/mol. The second-order valence-corrected chi connectivity index (χ2v) is 6.81. The molecular formula is C18H22N2O3. The van der Waals surface area contributed by atoms with Gasteiger partial charge in [0.05, 0.1) is 13.2 Å². The van der Waals surface area contributed by atoms with Gasteiger partial charge in [0.15, 0.2) is 0 Å². The average molecular weight is 314 g/mol. The van der Waals surface area contributed by atoms with E-state index in [1.807, 2.05) is 23.1 Å². The van der Waals surface area contributed by atoms with Crippen LogP contribution in [0.25, 0.3) is 0 Å². The molecule has 23 heavy (non-hydrogen) atoms. The molecule has 0 radical (unpaired) electrons. The van der Waals surface area contributed by atoms with Crippen molar-refractivity contribution in [3.05, 3.63) is 23.8 Å². The van der Waals surface area contributed by atoms with Gasteiger partial charge >= 0.3 is 0 Å². The quantitative estimate of drug-likeness (QED) is 0.928. The van der Waals surface area contributed by atoms with Gasteiger partial charge in [0, 0.05) is 29.6 Å². The van der Waals surface area contributed by atoms with Crippen LogP contribution in [-0.4, -0.2) is 25.5 Å². The van der Waals surface area contributed by atoms with E-state index in [1.165, 1.54) is 0 Å². The molecule has 3 aliphatic rings. The van der Waals surface area contributed by atoms with Crippen LogP contribution in [-0.2, 0) is 9.59 Å². The fraction of sp³-hybridized carbons (Fsp3) is 0.556. The molecule has 0 spiro atoms. The molecular weight excluding hydrogens is 292 g/mol. The minimum Gasteiger partial charge on any atom is -0.497 e. The van der Waals surface area contributed by atoms with Crippen LogP contribution in [0.1, 0.15) is 43.7 Å². The summed E-state index contributed by atoms with van der Waals surface area (Å²) in [6, 6.07) is 5.76. The van der Waals surface area contributed by atoms with Crippen LogP contribution >= 0.6 is 0 Å². The number of nitrogens with one attached hydrogen (secondary N) is 1. The van der Waals surface area contributed by atoms with Crippen LogP contribution in [0.2, 0.25) is 0 Å². The van der Waals surface area contributed by atoms with Gasteiger partial charge in [-0.05, 0) is 50.3 Å². The Morgan fingerprint density at radius 1 is 1.13 bits per heavy atom. The van der Waals surface area contributed by atoms with E-state index >= 15 is 0 Å². The lowest BCUT2D eigenvalue weighted by molar-refractivity contribution is -0.123. The zero-order valence-corrected chi connectivity index (χ0v) is 13.4. The van der Waals surface area contributed by atoms with Gasteiger partial charge in [-0.2, -0.15) is 0 Å². The number of carbonyl (C=O) groups excluding carboxylic acids is 2. The average Bonchev–Trinajstić information content (AvgIpc) is 3.46. The molecule has 2 amide bonds. The minimum atomic E-state index is -0.0311. The standard InChI is InChI=1S/C18H22N2O3/c1-23-13-6-7-16-14(10-13)15(19-17(21)11-2-3-11)8-9-20(16)18(22)12-4-5-12/h6-7,10-12,15H,2-5,8-9H2,1H3,(H,19,21)/t15-/m1/s1. The molecule has 2 fully saturated rings. The highest BCUT2D eigenvalue weighted by Gasteiger charge is 2.38. The topological polar surface area (TPSA) is 58.6 Å². The molecule has 0 aromatic heterocycles. The van der Waals surface area contributed by atoms with Crippen LogP contribution in [0.5, 0.6) is 5.75 Å². The Hall–Kier alpha value is -2.04. The molecule has 0 saturated heterocycles. The molecule has 1 heterocycles. The third-order valence-electron chi connectivity index (χ3n) is 5.00. The predicted molar refractivity (Wildman–Crippen MR) is 86.3 cm³/mol. The van der Waals surface area contributed by atoms with Gasteiger partial charge in [0.2, 0.25) is 11.8 Å². The van der Waals surface area contributed by atoms with Gasteiger partial charge in [-0.3, -0.25) is 9.59 Å². The Kier molecular flexibility index (Phi) is 3.51. The number of ether oxygens (including phenoxy) is 1. The highest BCUT2D eigenvalue weighted by Crippen LogP contribution is 2.41. The molecule has 5 nitrogen and oxygen atoms in total. The summed E-state index contributed by atoms with van der Waals surface area (Å²) in [6.45, 7) is 0.671. The number of hydrogen-bond acceptors (Lipinski definition) is 3. The lowest BCUT2D eigenvalue weighted by atomic mass is 9.95. The van der Waals surface area contributed by atoms with E-state index in [9.17, 15) is 9.59 Å². The fourth-order valence-corrected chi connectivity index (χ4v) is 3.28. The number of amides is 2. The Bertz CT molecular complexity index is 650. The Morgan fingerprint density at radius 2 is 1.87 bits per heavy atom. The molecule has 122 valence electrons. The van der Waals surface area contributed by atoms with Crippen LogP contribution in [0.3, 0.4) is 0 Å². The van der Waals surface area contributed by atoms with E-state index < -0.39 is 0 Å². The third-order valence-corrected chi connectivity index (χ3v) is 5.00. The number of anilines is 1. The van der Waals surface area contributed by atoms with Gasteiger partial charge in [0.1, 0.15) is 5.75 Å². The molecule has 0 bridgehead atoms. The maximum Gasteiger partial charge on any atom is 0.230 e. The number of benzene rings is 1. The molecule has 1 aliphatic heterocycles. The predicted octanol–water partition coefficient (Wildman–Crippen LogP) is 2.41. The number of methoxy groups -OCH3 is 1. The highest BCUT2D eigenvalue weighted by molar-refractivity contribution is 5.98. The Balaban J connectivity index is 1.63. The largest absolute Gasteiger partial charge is 0.497 e. The summed E-state index contributed by atoms with van der Waals surface area (Å²) in [7, 11) is 1.63. The van der Waals surface area contributed by atoms with Gasteiger partial charge in [0.25, 0.3) is 0 Å². The summed E-state index contributed by atoms with van der Waals surface area (Å²) in [4.78, 5) is 26.6. The number of hydrogen-bond donors (Lipinski definition) is 1. The molecule has 1 atom stereocenters. The third kappa shape index (κ3) is 2.80. The zero-order valence-electron chi connectivity index (χ0n) is 13.4. The first-order valence-corrected chi connectivity index (χ1v) is 8.47. The summed E-state index contributed by atoms with van der Waals surface area (Å²) in [5.41, 5.74) is 1.92. The number of rotatable bonds is 4. The van der Waals surface area contributed by atoms with Gasteiger partial charge in [-0.25, -0.2) is 0 Å². The molecule has 1 N–H and O–H groups in total. The summed E-state index contributed by atoms with van der Waals surface area (Å²) >= 11 is 0. The molecule has 5 heteroatoms. The summed E-state index contributed by atoms with van der Waals surface area (Å²) in [5, 5.41) is 3.16. The van der Waals surface area contributed by atoms with E-state index in [2.05, 4.69) is 5.32 Å². The van der Waals surface area contributed by atoms with Crippen molar-refractivity contribution in [1.82, 2.24) is 5.32 Å². The van der Waals surface area contributed by atoms with Gasteiger partial charge < -0.3 is 15.0 Å². The molecule has 2 aliphatic carbocycles. The molecule has 2 saturated carbocycles. The first-order valence-electron chi connectivity index (χ1n) is 8.47. The number of fused-ring (bicyclic) bond motifs is 1. The van der Waals surface area contributed by atoms with Crippen LogP contribution in [0.4, 0.5) is 5.69 Å². The van der Waals surface area contributed by atoms with E-state index in [1.54, 1.807) is 7.11 Å². The normalized spacial score (nSPS) is 23.2. The van der Waals surface area contributed by atoms with Crippen molar-refractivity contribution in [3.63, 3.8) is 0 Å². The maximum atomic E-state index is 12.5. The molecule has 4 rings (SSSR count). The Morgan fingerprint density at radius 3 is 2.52 bits per heavy atom. The smallest absolute Gasteiger partial charge is 0.230 e. The fourth-order valence-electron chi connectivity index (χ4n) is 3.28. The zero-order chi connectivity index (χ0) is 16.0. The number of nitrogens with zero attached hydrogens (tertiary/aromatic N) is 1. The van der Waals surface area contributed by atoms with E-state index in [4.69, 9.17) is 4.74 Å². The van der Waals surface area contributed by atoms with E-state index in [-0.39, 0.29) is 29.7 Å². The van der Waals surface area contributed by atoms with Crippen molar-refractivity contribution >= 4 is 17.5 Å². The van der Waals surface area contributed by atoms with Gasteiger partial charge in [-0.15, -0.1) is 0 Å². The summed E-state index contributed by atoms with van der Waals surface area (Å²) in [5.74, 6) is 1.52. The Labute approximate surface area is 136 Å². The van der Waals surface area contributed by atoms with Crippen molar-refractivity contribution in [2.75, 3.05) is 18.6 Å². The molecule has 1 aromatic carbocycles. The van der Waals surface area contributed by atoms with Crippen LogP contribution in [0.15, 0.2) is 18.2 Å². The first kappa shape index (κ1) is 14.5. The summed E-state index contributed by atoms with van der Waals surface area (Å²) < 4.78 is 5.33. The van der Waals surface area contributed by atoms with Crippen molar-refractivity contribution in [2.24, 2.45) is 11.8 Å². The minimum absolute atomic E-state index is 0.0311.